The van der Waals surface area contributed by atoms with E-state index in [9.17, 15) is 9.59 Å². The average molecular weight is 386 g/mol. The van der Waals surface area contributed by atoms with Crippen LogP contribution in [-0.2, 0) is 11.3 Å². The van der Waals surface area contributed by atoms with Crippen molar-refractivity contribution < 1.29 is 9.53 Å². The Hall–Kier alpha value is -3.13. The molecule has 0 bridgehead atoms. The smallest absolute Gasteiger partial charge is 0.369 e. The van der Waals surface area contributed by atoms with Crippen LogP contribution in [0.15, 0.2) is 53.3 Å². The van der Waals surface area contributed by atoms with Crippen LogP contribution in [0, 0.1) is 0 Å². The van der Waals surface area contributed by atoms with E-state index in [-0.39, 0.29) is 18.5 Å². The lowest BCUT2D eigenvalue weighted by Gasteiger charge is -2.26. The molecular formula is C18H16ClN5O3. The molecule has 0 saturated heterocycles. The highest BCUT2D eigenvalue weighted by Crippen LogP contribution is 2.31. The Morgan fingerprint density at radius 1 is 1.19 bits per heavy atom. The number of ether oxygens (including phenoxy) is 1. The summed E-state index contributed by atoms with van der Waals surface area (Å²) in [6.45, 7) is 0.285. The Morgan fingerprint density at radius 2 is 1.96 bits per heavy atom. The maximum Gasteiger partial charge on any atom is 0.369 e. The van der Waals surface area contributed by atoms with E-state index < -0.39 is 5.69 Å². The number of tetrazole rings is 1. The summed E-state index contributed by atoms with van der Waals surface area (Å²) in [6.07, 6.45) is 0.657. The molecule has 0 saturated carbocycles. The summed E-state index contributed by atoms with van der Waals surface area (Å²) in [5, 5.41) is 10.9. The van der Waals surface area contributed by atoms with E-state index in [1.807, 2.05) is 24.3 Å². The molecule has 1 aromatic heterocycles. The van der Waals surface area contributed by atoms with Crippen LogP contribution < -0.4 is 15.7 Å². The van der Waals surface area contributed by atoms with Crippen LogP contribution in [0.25, 0.3) is 5.69 Å². The van der Waals surface area contributed by atoms with Crippen LogP contribution in [0.3, 0.4) is 0 Å². The number of para-hydroxylation sites is 2. The lowest BCUT2D eigenvalue weighted by Crippen LogP contribution is -2.37. The van der Waals surface area contributed by atoms with E-state index in [1.54, 1.807) is 24.3 Å². The Kier molecular flexibility index (Phi) is 4.64. The van der Waals surface area contributed by atoms with Crippen molar-refractivity contribution in [1.82, 2.24) is 25.1 Å². The number of benzene rings is 2. The highest BCUT2D eigenvalue weighted by Gasteiger charge is 2.23. The van der Waals surface area contributed by atoms with Crippen LogP contribution in [-0.4, -0.2) is 32.3 Å². The second-order valence-electron chi connectivity index (χ2n) is 6.08. The number of amides is 1. The lowest BCUT2D eigenvalue weighted by molar-refractivity contribution is -0.122. The quantitative estimate of drug-likeness (QED) is 0.738. The van der Waals surface area contributed by atoms with Crippen molar-refractivity contribution in [2.75, 3.05) is 6.61 Å². The number of nitrogens with zero attached hydrogens (tertiary/aromatic N) is 4. The Labute approximate surface area is 159 Å². The Bertz CT molecular complexity index is 1050. The number of hydrogen-bond donors (Lipinski definition) is 1. The van der Waals surface area contributed by atoms with Crippen molar-refractivity contribution in [3.8, 4) is 11.4 Å². The first kappa shape index (κ1) is 17.3. The van der Waals surface area contributed by atoms with Gasteiger partial charge in [0, 0.05) is 12.0 Å². The molecular weight excluding hydrogens is 370 g/mol. The summed E-state index contributed by atoms with van der Waals surface area (Å²) in [5.74, 6) is 0.431. The van der Waals surface area contributed by atoms with E-state index in [0.717, 1.165) is 20.7 Å². The third-order valence-electron chi connectivity index (χ3n) is 4.31. The first-order valence-electron chi connectivity index (χ1n) is 8.42. The van der Waals surface area contributed by atoms with Gasteiger partial charge in [-0.3, -0.25) is 4.79 Å². The largest absolute Gasteiger partial charge is 0.493 e. The fourth-order valence-corrected chi connectivity index (χ4v) is 3.23. The Morgan fingerprint density at radius 3 is 2.81 bits per heavy atom. The summed E-state index contributed by atoms with van der Waals surface area (Å²) in [4.78, 5) is 24.9. The molecule has 138 valence electrons. The molecule has 27 heavy (non-hydrogen) atoms. The van der Waals surface area contributed by atoms with Crippen molar-refractivity contribution >= 4 is 17.5 Å². The van der Waals surface area contributed by atoms with Gasteiger partial charge in [-0.25, -0.2) is 4.79 Å². The average Bonchev–Trinajstić information content (AvgIpc) is 3.03. The van der Waals surface area contributed by atoms with E-state index in [4.69, 9.17) is 16.3 Å². The van der Waals surface area contributed by atoms with Gasteiger partial charge in [0.25, 0.3) is 0 Å². The molecule has 8 nitrogen and oxygen atoms in total. The van der Waals surface area contributed by atoms with Crippen LogP contribution in [0.5, 0.6) is 5.75 Å². The van der Waals surface area contributed by atoms with Gasteiger partial charge in [-0.1, -0.05) is 41.9 Å². The van der Waals surface area contributed by atoms with Crippen molar-refractivity contribution in [2.24, 2.45) is 0 Å². The van der Waals surface area contributed by atoms with Gasteiger partial charge in [-0.2, -0.15) is 9.36 Å². The highest BCUT2D eigenvalue weighted by molar-refractivity contribution is 6.32. The molecule has 1 N–H and O–H groups in total. The summed E-state index contributed by atoms with van der Waals surface area (Å²) >= 11 is 6.09. The number of halogens is 1. The third kappa shape index (κ3) is 3.43. The molecule has 1 aliphatic rings. The molecule has 0 fully saturated rings. The van der Waals surface area contributed by atoms with Gasteiger partial charge in [0.15, 0.2) is 0 Å². The molecule has 1 atom stereocenters. The molecule has 0 radical (unpaired) electrons. The minimum absolute atomic E-state index is 0.170. The van der Waals surface area contributed by atoms with E-state index in [0.29, 0.717) is 23.7 Å². The molecule has 1 unspecified atom stereocenters. The van der Waals surface area contributed by atoms with Gasteiger partial charge in [0.1, 0.15) is 12.3 Å². The maximum atomic E-state index is 12.5. The zero-order valence-electron chi connectivity index (χ0n) is 14.2. The van der Waals surface area contributed by atoms with Gasteiger partial charge in [-0.05, 0) is 28.6 Å². The second-order valence-corrected chi connectivity index (χ2v) is 6.48. The number of hydrogen-bond acceptors (Lipinski definition) is 5. The zero-order chi connectivity index (χ0) is 18.8. The van der Waals surface area contributed by atoms with Crippen LogP contribution >= 0.6 is 11.6 Å². The second kappa shape index (κ2) is 7.24. The number of rotatable bonds is 4. The fraction of sp³-hybridized carbons (Fsp3) is 0.222. The third-order valence-corrected chi connectivity index (χ3v) is 4.63. The van der Waals surface area contributed by atoms with E-state index in [1.165, 1.54) is 0 Å². The van der Waals surface area contributed by atoms with Crippen LogP contribution in [0.1, 0.15) is 18.0 Å². The van der Waals surface area contributed by atoms with Gasteiger partial charge in [-0.15, -0.1) is 0 Å². The van der Waals surface area contributed by atoms with Crippen molar-refractivity contribution in [3.05, 3.63) is 69.6 Å². The summed E-state index contributed by atoms with van der Waals surface area (Å²) in [5.41, 5.74) is 0.795. The molecule has 9 heteroatoms. The minimum atomic E-state index is -0.536. The maximum absolute atomic E-state index is 12.5. The van der Waals surface area contributed by atoms with E-state index in [2.05, 4.69) is 15.7 Å². The summed E-state index contributed by atoms with van der Waals surface area (Å²) in [7, 11) is 0. The number of fused-ring (bicyclic) bond motifs is 1. The summed E-state index contributed by atoms with van der Waals surface area (Å²) in [6, 6.07) is 14.2. The molecule has 0 spiro atoms. The number of carbonyl (C=O) groups excluding carboxylic acids is 1. The monoisotopic (exact) mass is 385 g/mol. The lowest BCUT2D eigenvalue weighted by atomic mass is 10.0. The van der Waals surface area contributed by atoms with Gasteiger partial charge in [0.2, 0.25) is 5.91 Å². The van der Waals surface area contributed by atoms with Crippen molar-refractivity contribution in [2.45, 2.75) is 19.0 Å². The van der Waals surface area contributed by atoms with Crippen LogP contribution in [0.2, 0.25) is 5.02 Å². The highest BCUT2D eigenvalue weighted by atomic mass is 35.5. The van der Waals surface area contributed by atoms with Gasteiger partial charge < -0.3 is 10.1 Å². The van der Waals surface area contributed by atoms with Crippen LogP contribution in [0.4, 0.5) is 0 Å². The first-order valence-corrected chi connectivity index (χ1v) is 8.80. The zero-order valence-corrected chi connectivity index (χ0v) is 15.0. The number of carbonyl (C=O) groups is 1. The van der Waals surface area contributed by atoms with Crippen molar-refractivity contribution in [1.29, 1.82) is 0 Å². The molecule has 1 amide bonds. The first-order chi connectivity index (χ1) is 13.1. The topological polar surface area (TPSA) is 91.0 Å². The SMILES string of the molecule is O=C(Cn1nnn(-c2ccccc2Cl)c1=O)NC1CCOc2ccccc21. The predicted molar refractivity (Wildman–Crippen MR) is 98.1 cm³/mol. The molecule has 1 aliphatic heterocycles. The van der Waals surface area contributed by atoms with Gasteiger partial charge in [0.05, 0.1) is 23.4 Å². The molecule has 3 aromatic rings. The molecule has 2 aromatic carbocycles. The van der Waals surface area contributed by atoms with Gasteiger partial charge >= 0.3 is 5.69 Å². The fourth-order valence-electron chi connectivity index (χ4n) is 3.02. The molecule has 4 rings (SSSR count). The van der Waals surface area contributed by atoms with Crippen molar-refractivity contribution in [3.63, 3.8) is 0 Å². The standard InChI is InChI=1S/C18H16ClN5O3/c19-13-6-2-3-7-15(13)24-18(26)23(21-22-24)11-17(25)20-14-9-10-27-16-8-4-1-5-12(14)16/h1-8,14H,9-11H2,(H,20,25). The predicted octanol–water partition coefficient (Wildman–Crippen LogP) is 1.72. The number of nitrogens with one attached hydrogen (secondary N) is 1. The molecule has 2 heterocycles. The summed E-state index contributed by atoms with van der Waals surface area (Å²) < 4.78 is 7.66. The number of aromatic nitrogens is 4. The minimum Gasteiger partial charge on any atom is -0.493 e. The molecule has 0 aliphatic carbocycles. The van der Waals surface area contributed by atoms with E-state index >= 15 is 0 Å². The Balaban J connectivity index is 1.50. The normalized spacial score (nSPS) is 15.7.